The van der Waals surface area contributed by atoms with Gasteiger partial charge in [0.2, 0.25) is 5.91 Å². The van der Waals surface area contributed by atoms with E-state index in [1.807, 2.05) is 24.3 Å². The van der Waals surface area contributed by atoms with Crippen molar-refractivity contribution in [3.63, 3.8) is 0 Å². The summed E-state index contributed by atoms with van der Waals surface area (Å²) in [5.41, 5.74) is 1.84. The summed E-state index contributed by atoms with van der Waals surface area (Å²) in [6.07, 6.45) is 0. The van der Waals surface area contributed by atoms with E-state index in [1.54, 1.807) is 24.3 Å². The van der Waals surface area contributed by atoms with Gasteiger partial charge in [-0.3, -0.25) is 9.59 Å². The summed E-state index contributed by atoms with van der Waals surface area (Å²) in [6.45, 7) is 3.77. The summed E-state index contributed by atoms with van der Waals surface area (Å²) < 4.78 is 5.34. The monoisotopic (exact) mass is 416 g/mol. The molecule has 1 fully saturated rings. The van der Waals surface area contributed by atoms with Crippen LogP contribution in [0.5, 0.6) is 5.75 Å². The number of likely N-dealkylation sites (N-methyl/N-ethyl adjacent to an activating group) is 1. The van der Waals surface area contributed by atoms with Crippen LogP contribution in [0.15, 0.2) is 48.5 Å². The van der Waals surface area contributed by atoms with Crippen LogP contribution in [0.4, 0.5) is 11.4 Å². The van der Waals surface area contributed by atoms with Crippen LogP contribution in [0.1, 0.15) is 0 Å². The molecule has 8 heteroatoms. The molecule has 3 rings (SSSR count). The Bertz CT molecular complexity index is 819. The summed E-state index contributed by atoms with van der Waals surface area (Å²) in [5, 5.41) is 5.91. The lowest BCUT2D eigenvalue weighted by Crippen LogP contribution is -2.44. The van der Waals surface area contributed by atoms with Crippen LogP contribution >= 0.6 is 11.6 Å². The molecule has 0 unspecified atom stereocenters. The van der Waals surface area contributed by atoms with Gasteiger partial charge in [0.15, 0.2) is 6.61 Å². The Labute approximate surface area is 175 Å². The number of anilines is 2. The molecule has 0 aromatic heterocycles. The molecule has 2 aromatic rings. The van der Waals surface area contributed by atoms with Crippen LogP contribution < -0.4 is 20.3 Å². The normalized spacial score (nSPS) is 14.3. The quantitative estimate of drug-likeness (QED) is 0.724. The maximum atomic E-state index is 12.1. The number of amides is 2. The fourth-order valence-corrected chi connectivity index (χ4v) is 3.06. The second-order valence-corrected chi connectivity index (χ2v) is 7.34. The van der Waals surface area contributed by atoms with Crippen molar-refractivity contribution >= 4 is 34.8 Å². The van der Waals surface area contributed by atoms with E-state index < -0.39 is 0 Å². The number of carbonyl (C=O) groups is 2. The highest BCUT2D eigenvalue weighted by atomic mass is 35.5. The molecule has 0 spiro atoms. The third-order valence-corrected chi connectivity index (χ3v) is 4.90. The molecule has 0 atom stereocenters. The summed E-state index contributed by atoms with van der Waals surface area (Å²) in [5.74, 6) is -0.132. The van der Waals surface area contributed by atoms with Crippen molar-refractivity contribution in [1.29, 1.82) is 0 Å². The molecule has 1 aliphatic heterocycles. The van der Waals surface area contributed by atoms with E-state index in [0.717, 1.165) is 31.9 Å². The largest absolute Gasteiger partial charge is 0.484 e. The Morgan fingerprint density at radius 3 is 2.28 bits per heavy atom. The van der Waals surface area contributed by atoms with E-state index in [4.69, 9.17) is 16.3 Å². The fourth-order valence-electron chi connectivity index (χ4n) is 2.94. The lowest BCUT2D eigenvalue weighted by molar-refractivity contribution is -0.125. The highest BCUT2D eigenvalue weighted by Gasteiger charge is 2.14. The molecule has 1 aliphatic rings. The van der Waals surface area contributed by atoms with Crippen molar-refractivity contribution in [3.05, 3.63) is 53.6 Å². The van der Waals surface area contributed by atoms with Gasteiger partial charge >= 0.3 is 0 Å². The van der Waals surface area contributed by atoms with E-state index in [0.29, 0.717) is 16.5 Å². The number of piperazine rings is 1. The Hall–Kier alpha value is -2.77. The Kier molecular flexibility index (Phi) is 7.32. The molecule has 0 bridgehead atoms. The Morgan fingerprint density at radius 2 is 1.62 bits per heavy atom. The summed E-state index contributed by atoms with van der Waals surface area (Å²) >= 11 is 5.80. The zero-order valence-corrected chi connectivity index (χ0v) is 17.1. The number of halogens is 1. The first kappa shape index (κ1) is 21.0. The van der Waals surface area contributed by atoms with Gasteiger partial charge in [-0.25, -0.2) is 0 Å². The molecule has 2 aromatic carbocycles. The topological polar surface area (TPSA) is 73.9 Å². The average molecular weight is 417 g/mol. The number of ether oxygens (including phenoxy) is 1. The van der Waals surface area contributed by atoms with Crippen molar-refractivity contribution in [2.24, 2.45) is 0 Å². The SMILES string of the molecule is CN1CCN(c2ccc(NC(=O)CNC(=O)COc3ccc(Cl)cc3)cc2)CC1. The van der Waals surface area contributed by atoms with Gasteiger partial charge in [0.25, 0.3) is 5.91 Å². The molecule has 2 amide bonds. The minimum Gasteiger partial charge on any atom is -0.484 e. The molecule has 154 valence electrons. The summed E-state index contributed by atoms with van der Waals surface area (Å²) in [4.78, 5) is 28.5. The molecule has 29 heavy (non-hydrogen) atoms. The molecule has 0 saturated carbocycles. The fraction of sp³-hybridized carbons (Fsp3) is 0.333. The molecular formula is C21H25ClN4O3. The summed E-state index contributed by atoms with van der Waals surface area (Å²) in [6, 6.07) is 14.4. The molecule has 0 radical (unpaired) electrons. The maximum Gasteiger partial charge on any atom is 0.258 e. The van der Waals surface area contributed by atoms with Crippen LogP contribution in [-0.2, 0) is 9.59 Å². The van der Waals surface area contributed by atoms with Gasteiger partial charge in [0, 0.05) is 42.6 Å². The highest BCUT2D eigenvalue weighted by Crippen LogP contribution is 2.19. The van der Waals surface area contributed by atoms with E-state index in [9.17, 15) is 9.59 Å². The molecule has 0 aliphatic carbocycles. The third kappa shape index (κ3) is 6.66. The van der Waals surface area contributed by atoms with Crippen LogP contribution in [0.2, 0.25) is 5.02 Å². The zero-order valence-electron chi connectivity index (χ0n) is 16.4. The molecule has 1 saturated heterocycles. The van der Waals surface area contributed by atoms with Gasteiger partial charge in [-0.1, -0.05) is 11.6 Å². The molecule has 7 nitrogen and oxygen atoms in total. The highest BCUT2D eigenvalue weighted by molar-refractivity contribution is 6.30. The first-order chi connectivity index (χ1) is 14.0. The molecule has 1 heterocycles. The van der Waals surface area contributed by atoms with Gasteiger partial charge < -0.3 is 25.2 Å². The van der Waals surface area contributed by atoms with Gasteiger partial charge in [-0.05, 0) is 55.6 Å². The minimum absolute atomic E-state index is 0.122. The number of rotatable bonds is 7. The first-order valence-electron chi connectivity index (χ1n) is 9.48. The minimum atomic E-state index is -0.375. The lowest BCUT2D eigenvalue weighted by Gasteiger charge is -2.34. The predicted octanol–water partition coefficient (Wildman–Crippen LogP) is 2.23. The Balaban J connectivity index is 1.38. The zero-order chi connectivity index (χ0) is 20.6. The Morgan fingerprint density at radius 1 is 0.966 bits per heavy atom. The second-order valence-electron chi connectivity index (χ2n) is 6.90. The predicted molar refractivity (Wildman–Crippen MR) is 115 cm³/mol. The van der Waals surface area contributed by atoms with E-state index in [1.165, 1.54) is 0 Å². The van der Waals surface area contributed by atoms with E-state index in [-0.39, 0.29) is 25.0 Å². The molecular weight excluding hydrogens is 392 g/mol. The number of benzene rings is 2. The van der Waals surface area contributed by atoms with Crippen LogP contribution in [-0.4, -0.2) is 63.1 Å². The van der Waals surface area contributed by atoms with Gasteiger partial charge in [-0.15, -0.1) is 0 Å². The maximum absolute atomic E-state index is 12.1. The van der Waals surface area contributed by atoms with Gasteiger partial charge in [-0.2, -0.15) is 0 Å². The van der Waals surface area contributed by atoms with Crippen molar-refractivity contribution in [1.82, 2.24) is 10.2 Å². The van der Waals surface area contributed by atoms with E-state index in [2.05, 4.69) is 27.5 Å². The number of carbonyl (C=O) groups excluding carboxylic acids is 2. The standard InChI is InChI=1S/C21H25ClN4O3/c1-25-10-12-26(13-11-25)18-6-4-17(5-7-18)24-20(27)14-23-21(28)15-29-19-8-2-16(22)3-9-19/h2-9H,10-15H2,1H3,(H,23,28)(H,24,27). The molecule has 2 N–H and O–H groups in total. The smallest absolute Gasteiger partial charge is 0.258 e. The van der Waals surface area contributed by atoms with Crippen LogP contribution in [0, 0.1) is 0 Å². The van der Waals surface area contributed by atoms with Gasteiger partial charge in [0.05, 0.1) is 6.54 Å². The van der Waals surface area contributed by atoms with Crippen molar-refractivity contribution < 1.29 is 14.3 Å². The third-order valence-electron chi connectivity index (χ3n) is 4.65. The van der Waals surface area contributed by atoms with Crippen molar-refractivity contribution in [2.45, 2.75) is 0 Å². The number of nitrogens with one attached hydrogen (secondary N) is 2. The van der Waals surface area contributed by atoms with Crippen LogP contribution in [0.25, 0.3) is 0 Å². The second kappa shape index (κ2) is 10.1. The lowest BCUT2D eigenvalue weighted by atomic mass is 10.2. The van der Waals surface area contributed by atoms with E-state index >= 15 is 0 Å². The number of hydrogen-bond donors (Lipinski definition) is 2. The van der Waals surface area contributed by atoms with Crippen molar-refractivity contribution in [3.8, 4) is 5.75 Å². The first-order valence-corrected chi connectivity index (χ1v) is 9.86. The number of nitrogens with zero attached hydrogens (tertiary/aromatic N) is 2. The van der Waals surface area contributed by atoms with Crippen molar-refractivity contribution in [2.75, 3.05) is 56.6 Å². The summed E-state index contributed by atoms with van der Waals surface area (Å²) in [7, 11) is 2.12. The van der Waals surface area contributed by atoms with Gasteiger partial charge in [0.1, 0.15) is 5.75 Å². The number of hydrogen-bond acceptors (Lipinski definition) is 5. The van der Waals surface area contributed by atoms with Crippen LogP contribution in [0.3, 0.4) is 0 Å². The average Bonchev–Trinajstić information content (AvgIpc) is 2.73.